The summed E-state index contributed by atoms with van der Waals surface area (Å²) >= 11 is 0. The predicted octanol–water partition coefficient (Wildman–Crippen LogP) is 2.43. The summed E-state index contributed by atoms with van der Waals surface area (Å²) < 4.78 is 5.73. The second-order valence-corrected chi connectivity index (χ2v) is 4.40. The van der Waals surface area contributed by atoms with Crippen molar-refractivity contribution in [2.75, 3.05) is 6.61 Å². The maximum Gasteiger partial charge on any atom is 0.219 e. The number of para-hydroxylation sites is 1. The number of aliphatic hydroxyl groups excluding tert-OH is 1. The molecule has 4 heteroatoms. The van der Waals surface area contributed by atoms with Gasteiger partial charge in [-0.15, -0.1) is 0 Å². The average molecular weight is 258 g/mol. The molecule has 0 amide bonds. The Kier molecular flexibility index (Phi) is 4.49. The van der Waals surface area contributed by atoms with Crippen LogP contribution in [0.1, 0.15) is 24.1 Å². The topological polar surface area (TPSA) is 68.4 Å². The lowest BCUT2D eigenvalue weighted by atomic mass is 10.1. The number of pyridine rings is 1. The summed E-state index contributed by atoms with van der Waals surface area (Å²) in [6.07, 6.45) is 2.28. The van der Waals surface area contributed by atoms with E-state index in [9.17, 15) is 0 Å². The Morgan fingerprint density at radius 3 is 2.68 bits per heavy atom. The molecule has 3 N–H and O–H groups in total. The second kappa shape index (κ2) is 6.31. The standard InChI is InChI=1S/C15H18N2O2/c1-11(16)13-6-7-15(17-10-13)19-14-5-3-2-4-12(14)8-9-18/h2-7,10-11,18H,8-9,16H2,1H3. The zero-order valence-corrected chi connectivity index (χ0v) is 10.9. The first-order valence-corrected chi connectivity index (χ1v) is 6.29. The van der Waals surface area contributed by atoms with E-state index >= 15 is 0 Å². The largest absolute Gasteiger partial charge is 0.439 e. The summed E-state index contributed by atoms with van der Waals surface area (Å²) in [6.45, 7) is 2.01. The van der Waals surface area contributed by atoms with Crippen LogP contribution in [0.2, 0.25) is 0 Å². The van der Waals surface area contributed by atoms with Gasteiger partial charge in [0.05, 0.1) is 0 Å². The minimum absolute atomic E-state index is 0.0387. The third-order valence-electron chi connectivity index (χ3n) is 2.85. The highest BCUT2D eigenvalue weighted by atomic mass is 16.5. The lowest BCUT2D eigenvalue weighted by molar-refractivity contribution is 0.297. The monoisotopic (exact) mass is 258 g/mol. The van der Waals surface area contributed by atoms with Gasteiger partial charge in [-0.1, -0.05) is 24.3 Å². The number of benzene rings is 1. The van der Waals surface area contributed by atoms with E-state index < -0.39 is 0 Å². The maximum atomic E-state index is 9.02. The van der Waals surface area contributed by atoms with E-state index in [1.54, 1.807) is 12.3 Å². The number of ether oxygens (including phenoxy) is 1. The Morgan fingerprint density at radius 1 is 1.26 bits per heavy atom. The molecule has 0 saturated heterocycles. The Labute approximate surface area is 112 Å². The summed E-state index contributed by atoms with van der Waals surface area (Å²) in [5, 5.41) is 9.02. The predicted molar refractivity (Wildman–Crippen MR) is 74.1 cm³/mol. The van der Waals surface area contributed by atoms with Crippen LogP contribution < -0.4 is 10.5 Å². The molecule has 0 fully saturated rings. The Balaban J connectivity index is 2.16. The molecule has 1 atom stereocenters. The summed E-state index contributed by atoms with van der Waals surface area (Å²) in [5.41, 5.74) is 7.70. The van der Waals surface area contributed by atoms with E-state index in [1.807, 2.05) is 37.3 Å². The molecule has 0 aliphatic heterocycles. The first kappa shape index (κ1) is 13.5. The van der Waals surface area contributed by atoms with Crippen LogP contribution in [0, 0.1) is 0 Å². The van der Waals surface area contributed by atoms with E-state index in [1.165, 1.54) is 0 Å². The molecule has 1 aromatic carbocycles. The average Bonchev–Trinajstić information content (AvgIpc) is 2.42. The van der Waals surface area contributed by atoms with E-state index in [-0.39, 0.29) is 12.6 Å². The van der Waals surface area contributed by atoms with Crippen LogP contribution in [0.15, 0.2) is 42.6 Å². The molecular formula is C15H18N2O2. The van der Waals surface area contributed by atoms with Crippen molar-refractivity contribution >= 4 is 0 Å². The molecule has 4 nitrogen and oxygen atoms in total. The van der Waals surface area contributed by atoms with Gasteiger partial charge in [0.2, 0.25) is 5.88 Å². The van der Waals surface area contributed by atoms with Crippen molar-refractivity contribution in [3.05, 3.63) is 53.7 Å². The fourth-order valence-electron chi connectivity index (χ4n) is 1.76. The normalized spacial score (nSPS) is 12.2. The first-order chi connectivity index (χ1) is 9.20. The first-order valence-electron chi connectivity index (χ1n) is 6.29. The van der Waals surface area contributed by atoms with Crippen molar-refractivity contribution in [3.8, 4) is 11.6 Å². The van der Waals surface area contributed by atoms with Crippen molar-refractivity contribution in [3.63, 3.8) is 0 Å². The van der Waals surface area contributed by atoms with E-state index in [2.05, 4.69) is 4.98 Å². The Bertz CT molecular complexity index is 524. The highest BCUT2D eigenvalue weighted by Crippen LogP contribution is 2.24. The molecule has 0 aliphatic carbocycles. The smallest absolute Gasteiger partial charge is 0.219 e. The zero-order valence-electron chi connectivity index (χ0n) is 10.9. The summed E-state index contributed by atoms with van der Waals surface area (Å²) in [5.74, 6) is 1.24. The minimum Gasteiger partial charge on any atom is -0.439 e. The summed E-state index contributed by atoms with van der Waals surface area (Å²) in [7, 11) is 0. The minimum atomic E-state index is -0.0387. The van der Waals surface area contributed by atoms with Crippen LogP contribution in [0.4, 0.5) is 0 Å². The van der Waals surface area contributed by atoms with Crippen molar-refractivity contribution < 1.29 is 9.84 Å². The van der Waals surface area contributed by atoms with Crippen LogP contribution in [0.25, 0.3) is 0 Å². The van der Waals surface area contributed by atoms with Gasteiger partial charge in [0.25, 0.3) is 0 Å². The third kappa shape index (κ3) is 3.53. The molecule has 100 valence electrons. The second-order valence-electron chi connectivity index (χ2n) is 4.40. The number of hydrogen-bond donors (Lipinski definition) is 2. The number of aromatic nitrogens is 1. The SMILES string of the molecule is CC(N)c1ccc(Oc2ccccc2CCO)nc1. The number of nitrogens with two attached hydrogens (primary N) is 1. The van der Waals surface area contributed by atoms with Crippen molar-refractivity contribution in [2.45, 2.75) is 19.4 Å². The van der Waals surface area contributed by atoms with Gasteiger partial charge in [-0.3, -0.25) is 0 Å². The molecule has 0 radical (unpaired) electrons. The molecule has 0 aliphatic rings. The summed E-state index contributed by atoms with van der Waals surface area (Å²) in [6, 6.07) is 11.3. The van der Waals surface area contributed by atoms with Gasteiger partial charge in [0, 0.05) is 24.9 Å². The third-order valence-corrected chi connectivity index (χ3v) is 2.85. The quantitative estimate of drug-likeness (QED) is 0.864. The molecule has 1 heterocycles. The molecule has 1 unspecified atom stereocenters. The van der Waals surface area contributed by atoms with Crippen molar-refractivity contribution in [1.29, 1.82) is 0 Å². The van der Waals surface area contributed by atoms with Crippen LogP contribution in [-0.2, 0) is 6.42 Å². The van der Waals surface area contributed by atoms with Gasteiger partial charge >= 0.3 is 0 Å². The van der Waals surface area contributed by atoms with Gasteiger partial charge in [0.1, 0.15) is 5.75 Å². The highest BCUT2D eigenvalue weighted by Gasteiger charge is 2.05. The van der Waals surface area contributed by atoms with Crippen LogP contribution in [-0.4, -0.2) is 16.7 Å². The number of nitrogens with zero attached hydrogens (tertiary/aromatic N) is 1. The van der Waals surface area contributed by atoms with Gasteiger partial charge in [-0.25, -0.2) is 4.98 Å². The molecule has 0 spiro atoms. The van der Waals surface area contributed by atoms with Crippen molar-refractivity contribution in [2.24, 2.45) is 5.73 Å². The Hall–Kier alpha value is -1.91. The van der Waals surface area contributed by atoms with E-state index in [4.69, 9.17) is 15.6 Å². The summed E-state index contributed by atoms with van der Waals surface area (Å²) in [4.78, 5) is 4.23. The lowest BCUT2D eigenvalue weighted by Gasteiger charge is -2.10. The molecule has 0 bridgehead atoms. The van der Waals surface area contributed by atoms with Gasteiger partial charge < -0.3 is 15.6 Å². The molecule has 19 heavy (non-hydrogen) atoms. The van der Waals surface area contributed by atoms with Crippen LogP contribution >= 0.6 is 0 Å². The van der Waals surface area contributed by atoms with Gasteiger partial charge in [0.15, 0.2) is 0 Å². The van der Waals surface area contributed by atoms with Crippen molar-refractivity contribution in [1.82, 2.24) is 4.98 Å². The lowest BCUT2D eigenvalue weighted by Crippen LogP contribution is -2.05. The Morgan fingerprint density at radius 2 is 2.05 bits per heavy atom. The zero-order chi connectivity index (χ0) is 13.7. The fraction of sp³-hybridized carbons (Fsp3) is 0.267. The maximum absolute atomic E-state index is 9.02. The van der Waals surface area contributed by atoms with Gasteiger partial charge in [-0.05, 0) is 30.5 Å². The van der Waals surface area contributed by atoms with E-state index in [0.717, 1.165) is 16.9 Å². The van der Waals surface area contributed by atoms with E-state index in [0.29, 0.717) is 12.3 Å². The number of hydrogen-bond acceptors (Lipinski definition) is 4. The van der Waals surface area contributed by atoms with Crippen LogP contribution in [0.5, 0.6) is 11.6 Å². The number of aliphatic hydroxyl groups is 1. The molecule has 0 saturated carbocycles. The molecular weight excluding hydrogens is 240 g/mol. The van der Waals surface area contributed by atoms with Crippen LogP contribution in [0.3, 0.4) is 0 Å². The number of rotatable bonds is 5. The molecule has 2 aromatic rings. The highest BCUT2D eigenvalue weighted by molar-refractivity contribution is 5.36. The van der Waals surface area contributed by atoms with Gasteiger partial charge in [-0.2, -0.15) is 0 Å². The molecule has 1 aromatic heterocycles. The molecule has 2 rings (SSSR count). The fourth-order valence-corrected chi connectivity index (χ4v) is 1.76.